The first-order chi connectivity index (χ1) is 5.43. The lowest BCUT2D eigenvalue weighted by molar-refractivity contribution is -0.143. The molecule has 0 aliphatic rings. The molecule has 0 saturated heterocycles. The van der Waals surface area contributed by atoms with Crippen molar-refractivity contribution in [3.8, 4) is 0 Å². The largest absolute Gasteiger partial charge is 0.481 e. The van der Waals surface area contributed by atoms with Gasteiger partial charge in [-0.25, -0.2) is 0 Å². The molecule has 0 radical (unpaired) electrons. The minimum atomic E-state index is -1.34. The second kappa shape index (κ2) is 4.87. The lowest BCUT2D eigenvalue weighted by atomic mass is 10.0. The van der Waals surface area contributed by atoms with Crippen molar-refractivity contribution in [3.63, 3.8) is 0 Å². The molecule has 0 amide bonds. The summed E-state index contributed by atoms with van der Waals surface area (Å²) in [7, 11) is 0. The van der Waals surface area contributed by atoms with Crippen LogP contribution in [0, 0.1) is 5.92 Å². The first kappa shape index (κ1) is 11.1. The average Bonchev–Trinajstić information content (AvgIpc) is 1.84. The number of aliphatic hydroxyl groups is 1. The van der Waals surface area contributed by atoms with Crippen molar-refractivity contribution in [2.45, 2.75) is 32.8 Å². The van der Waals surface area contributed by atoms with Gasteiger partial charge in [0.05, 0.1) is 6.42 Å². The molecule has 2 N–H and O–H groups in total. The number of carbonyl (C=O) groups is 2. The molecule has 0 heterocycles. The molecule has 0 unspecified atom stereocenters. The summed E-state index contributed by atoms with van der Waals surface area (Å²) in [6.45, 7) is 3.68. The molecule has 0 aliphatic carbocycles. The molecule has 1 atom stereocenters. The van der Waals surface area contributed by atoms with Gasteiger partial charge in [0.2, 0.25) is 0 Å². The maximum absolute atomic E-state index is 11.0. The third kappa shape index (κ3) is 4.85. The van der Waals surface area contributed by atoms with Gasteiger partial charge in [0.1, 0.15) is 6.10 Å². The number of hydrogen-bond acceptors (Lipinski definition) is 3. The van der Waals surface area contributed by atoms with E-state index >= 15 is 0 Å². The van der Waals surface area contributed by atoms with Gasteiger partial charge in [-0.1, -0.05) is 13.8 Å². The summed E-state index contributed by atoms with van der Waals surface area (Å²) in [4.78, 5) is 21.1. The second-order valence-electron chi connectivity index (χ2n) is 3.18. The van der Waals surface area contributed by atoms with E-state index in [1.165, 1.54) is 0 Å². The van der Waals surface area contributed by atoms with Crippen LogP contribution in [0.5, 0.6) is 0 Å². The minimum Gasteiger partial charge on any atom is -0.481 e. The van der Waals surface area contributed by atoms with Gasteiger partial charge in [0.25, 0.3) is 0 Å². The number of carbonyl (C=O) groups excluding carboxylic acids is 1. The van der Waals surface area contributed by atoms with Gasteiger partial charge in [-0.15, -0.1) is 0 Å². The molecule has 0 aromatic rings. The highest BCUT2D eigenvalue weighted by Gasteiger charge is 2.18. The van der Waals surface area contributed by atoms with Crippen molar-refractivity contribution >= 4 is 11.8 Å². The molecule has 4 nitrogen and oxygen atoms in total. The monoisotopic (exact) mass is 174 g/mol. The molecule has 0 fully saturated rings. The quantitative estimate of drug-likeness (QED) is 0.634. The predicted octanol–water partition coefficient (Wildman–Crippen LogP) is 0.437. The van der Waals surface area contributed by atoms with E-state index in [2.05, 4.69) is 0 Å². The van der Waals surface area contributed by atoms with Gasteiger partial charge in [-0.05, 0) is 5.92 Å². The smallest absolute Gasteiger partial charge is 0.306 e. The van der Waals surface area contributed by atoms with Crippen LogP contribution in [-0.4, -0.2) is 28.1 Å². The van der Waals surface area contributed by atoms with Crippen LogP contribution in [0.4, 0.5) is 0 Å². The molecular formula is C8H14O4. The highest BCUT2D eigenvalue weighted by atomic mass is 16.4. The Labute approximate surface area is 71.2 Å². The minimum absolute atomic E-state index is 0.154. The van der Waals surface area contributed by atoms with Crippen LogP contribution in [0.2, 0.25) is 0 Å². The summed E-state index contributed by atoms with van der Waals surface area (Å²) < 4.78 is 0. The van der Waals surface area contributed by atoms with E-state index in [0.717, 1.165) is 0 Å². The van der Waals surface area contributed by atoms with Gasteiger partial charge < -0.3 is 10.2 Å². The van der Waals surface area contributed by atoms with Gasteiger partial charge in [0, 0.05) is 6.42 Å². The van der Waals surface area contributed by atoms with Crippen LogP contribution in [0.15, 0.2) is 0 Å². The summed E-state index contributed by atoms with van der Waals surface area (Å²) in [5.41, 5.74) is 0. The molecule has 0 bridgehead atoms. The first-order valence-corrected chi connectivity index (χ1v) is 3.86. The van der Waals surface area contributed by atoms with E-state index in [0.29, 0.717) is 0 Å². The zero-order chi connectivity index (χ0) is 9.72. The topological polar surface area (TPSA) is 74.6 Å². The standard InChI is InChI=1S/C8H14O4/c1-5(2)3-6(9)7(10)4-8(11)12/h5,7,10H,3-4H2,1-2H3,(H,11,12)/t7-/m0/s1. The summed E-state index contributed by atoms with van der Waals surface area (Å²) in [6, 6.07) is 0. The zero-order valence-electron chi connectivity index (χ0n) is 7.28. The van der Waals surface area contributed by atoms with Crippen LogP contribution in [0.25, 0.3) is 0 Å². The number of carboxylic acids is 1. The Hall–Kier alpha value is -0.900. The molecule has 12 heavy (non-hydrogen) atoms. The first-order valence-electron chi connectivity index (χ1n) is 3.86. The van der Waals surface area contributed by atoms with Crippen molar-refractivity contribution in [2.75, 3.05) is 0 Å². The molecular weight excluding hydrogens is 160 g/mol. The fraction of sp³-hybridized carbons (Fsp3) is 0.750. The number of aliphatic carboxylic acids is 1. The normalized spacial score (nSPS) is 13.0. The Bertz CT molecular complexity index is 174. The Morgan fingerprint density at radius 3 is 2.08 bits per heavy atom. The molecule has 70 valence electrons. The lowest BCUT2D eigenvalue weighted by Crippen LogP contribution is -2.24. The van der Waals surface area contributed by atoms with Crippen molar-refractivity contribution < 1.29 is 19.8 Å². The third-order valence-corrected chi connectivity index (χ3v) is 1.35. The number of aliphatic hydroxyl groups excluding tert-OH is 1. The third-order valence-electron chi connectivity index (χ3n) is 1.35. The van der Waals surface area contributed by atoms with Gasteiger partial charge in [-0.3, -0.25) is 9.59 Å². The molecule has 0 aliphatic heterocycles. The van der Waals surface area contributed by atoms with E-state index in [4.69, 9.17) is 10.2 Å². The van der Waals surface area contributed by atoms with Crippen LogP contribution < -0.4 is 0 Å². The number of rotatable bonds is 5. The summed E-state index contributed by atoms with van der Waals surface area (Å²) in [5, 5.41) is 17.3. The van der Waals surface area contributed by atoms with E-state index in [1.807, 2.05) is 13.8 Å². The number of ketones is 1. The van der Waals surface area contributed by atoms with Crippen molar-refractivity contribution in [3.05, 3.63) is 0 Å². The Morgan fingerprint density at radius 2 is 1.75 bits per heavy atom. The Morgan fingerprint density at radius 1 is 1.25 bits per heavy atom. The van der Waals surface area contributed by atoms with E-state index in [-0.39, 0.29) is 12.3 Å². The number of Topliss-reactive ketones (excluding diaryl/α,β-unsaturated/α-hetero) is 1. The molecule has 0 saturated carbocycles. The molecule has 0 spiro atoms. The SMILES string of the molecule is CC(C)CC(=O)[C@@H](O)CC(=O)O. The average molecular weight is 174 g/mol. The highest BCUT2D eigenvalue weighted by Crippen LogP contribution is 2.05. The summed E-state index contributed by atoms with van der Waals surface area (Å²) in [6.07, 6.45) is -1.61. The molecule has 0 rings (SSSR count). The second-order valence-corrected chi connectivity index (χ2v) is 3.18. The number of carboxylic acid groups (broad SMARTS) is 1. The van der Waals surface area contributed by atoms with Crippen LogP contribution in [0.3, 0.4) is 0 Å². The van der Waals surface area contributed by atoms with E-state index in [9.17, 15) is 9.59 Å². The molecule has 4 heteroatoms. The highest BCUT2D eigenvalue weighted by molar-refractivity contribution is 5.86. The van der Waals surface area contributed by atoms with Crippen LogP contribution in [-0.2, 0) is 9.59 Å². The zero-order valence-corrected chi connectivity index (χ0v) is 7.28. The van der Waals surface area contributed by atoms with E-state index in [1.54, 1.807) is 0 Å². The van der Waals surface area contributed by atoms with Gasteiger partial charge >= 0.3 is 5.97 Å². The summed E-state index contributed by atoms with van der Waals surface area (Å²) in [5.74, 6) is -1.40. The molecule has 0 aromatic carbocycles. The van der Waals surface area contributed by atoms with Crippen LogP contribution >= 0.6 is 0 Å². The maximum atomic E-state index is 11.0. The number of hydrogen-bond donors (Lipinski definition) is 2. The van der Waals surface area contributed by atoms with Crippen LogP contribution in [0.1, 0.15) is 26.7 Å². The van der Waals surface area contributed by atoms with Crippen molar-refractivity contribution in [1.29, 1.82) is 0 Å². The van der Waals surface area contributed by atoms with Crippen molar-refractivity contribution in [2.24, 2.45) is 5.92 Å². The molecule has 0 aromatic heterocycles. The van der Waals surface area contributed by atoms with Gasteiger partial charge in [-0.2, -0.15) is 0 Å². The lowest BCUT2D eigenvalue weighted by Gasteiger charge is -2.08. The fourth-order valence-corrected chi connectivity index (χ4v) is 0.818. The Kier molecular flexibility index (Phi) is 4.51. The van der Waals surface area contributed by atoms with Crippen molar-refractivity contribution in [1.82, 2.24) is 0 Å². The maximum Gasteiger partial charge on any atom is 0.306 e. The Balaban J connectivity index is 3.85. The summed E-state index contributed by atoms with van der Waals surface area (Å²) >= 11 is 0. The van der Waals surface area contributed by atoms with Gasteiger partial charge in [0.15, 0.2) is 5.78 Å². The predicted molar refractivity (Wildman–Crippen MR) is 42.7 cm³/mol. The fourth-order valence-electron chi connectivity index (χ4n) is 0.818. The van der Waals surface area contributed by atoms with E-state index < -0.39 is 24.3 Å².